The van der Waals surface area contributed by atoms with Crippen LogP contribution in [0, 0.1) is 0 Å². The zero-order valence-electron chi connectivity index (χ0n) is 19.1. The lowest BCUT2D eigenvalue weighted by Crippen LogP contribution is -2.49. The van der Waals surface area contributed by atoms with Crippen LogP contribution in [0.15, 0.2) is 54.6 Å². The summed E-state index contributed by atoms with van der Waals surface area (Å²) in [4.78, 5) is 48.5. The Hall–Kier alpha value is -3.78. The van der Waals surface area contributed by atoms with E-state index >= 15 is 0 Å². The quantitative estimate of drug-likeness (QED) is 0.417. The molecular weight excluding hydrogens is 432 g/mol. The van der Waals surface area contributed by atoms with Crippen molar-refractivity contribution < 1.29 is 19.1 Å². The number of pyridine rings is 1. The molecule has 0 radical (unpaired) electrons. The average molecular weight is 459 g/mol. The van der Waals surface area contributed by atoms with E-state index in [1.54, 1.807) is 30.2 Å². The van der Waals surface area contributed by atoms with E-state index in [1.165, 1.54) is 4.90 Å². The number of rotatable bonds is 6. The number of anilines is 1. The smallest absolute Gasteiger partial charge is 0.261 e. The van der Waals surface area contributed by atoms with Crippen LogP contribution in [0.1, 0.15) is 37.5 Å². The molecule has 0 N–H and O–H groups in total. The molecule has 0 atom stereocenters. The van der Waals surface area contributed by atoms with Crippen LogP contribution in [-0.2, 0) is 4.74 Å². The Kier molecular flexibility index (Phi) is 5.98. The van der Waals surface area contributed by atoms with Gasteiger partial charge in [0, 0.05) is 57.4 Å². The molecule has 1 aromatic heterocycles. The predicted octanol–water partition coefficient (Wildman–Crippen LogP) is 2.83. The molecule has 0 spiro atoms. The minimum atomic E-state index is -0.349. The Morgan fingerprint density at radius 2 is 1.71 bits per heavy atom. The summed E-state index contributed by atoms with van der Waals surface area (Å²) in [5.41, 5.74) is 2.03. The maximum absolute atomic E-state index is 13.2. The van der Waals surface area contributed by atoms with Crippen LogP contribution >= 0.6 is 0 Å². The van der Waals surface area contributed by atoms with Gasteiger partial charge in [-0.3, -0.25) is 19.3 Å². The fourth-order valence-electron chi connectivity index (χ4n) is 4.55. The van der Waals surface area contributed by atoms with Crippen molar-refractivity contribution in [3.8, 4) is 0 Å². The van der Waals surface area contributed by atoms with Crippen molar-refractivity contribution in [3.63, 3.8) is 0 Å². The summed E-state index contributed by atoms with van der Waals surface area (Å²) in [6.45, 7) is 3.23. The van der Waals surface area contributed by atoms with E-state index in [2.05, 4.69) is 11.0 Å². The van der Waals surface area contributed by atoms with Crippen molar-refractivity contribution in [1.29, 1.82) is 0 Å². The monoisotopic (exact) mass is 458 g/mol. The van der Waals surface area contributed by atoms with Gasteiger partial charge in [0.25, 0.3) is 17.7 Å². The number of fused-ring (bicyclic) bond motifs is 2. The molecule has 5 rings (SSSR count). The molecule has 0 bridgehead atoms. The van der Waals surface area contributed by atoms with Crippen molar-refractivity contribution in [3.05, 3.63) is 71.3 Å². The van der Waals surface area contributed by atoms with Crippen molar-refractivity contribution in [2.75, 3.05) is 51.3 Å². The minimum Gasteiger partial charge on any atom is -0.385 e. The molecule has 2 aliphatic rings. The number of hydrogen-bond donors (Lipinski definition) is 0. The second-order valence-electron chi connectivity index (χ2n) is 8.51. The first kappa shape index (κ1) is 22.0. The first-order valence-electron chi connectivity index (χ1n) is 11.5. The number of imide groups is 1. The van der Waals surface area contributed by atoms with Gasteiger partial charge in [0.2, 0.25) is 0 Å². The summed E-state index contributed by atoms with van der Waals surface area (Å²) >= 11 is 0. The molecule has 0 unspecified atom stereocenters. The molecule has 3 amide bonds. The number of ether oxygens (including phenoxy) is 1. The summed E-state index contributed by atoms with van der Waals surface area (Å²) in [5, 5.41) is 1.10. The van der Waals surface area contributed by atoms with Crippen LogP contribution in [-0.4, -0.2) is 78.9 Å². The standard InChI is InChI=1S/C26H26N4O4/c1-34-16-4-11-30-25(32)20-9-7-19(17-21(20)26(30)33)24(31)29-14-12-28(13-15-29)23-10-8-18-5-2-3-6-22(18)27-23/h2-3,5-10,17H,4,11-16H2,1H3. The molecular formula is C26H26N4O4. The van der Waals surface area contributed by atoms with Crippen molar-refractivity contribution >= 4 is 34.4 Å². The molecule has 1 fully saturated rings. The van der Waals surface area contributed by atoms with Crippen molar-refractivity contribution in [2.24, 2.45) is 0 Å². The first-order valence-corrected chi connectivity index (χ1v) is 11.5. The van der Waals surface area contributed by atoms with E-state index in [-0.39, 0.29) is 17.7 Å². The molecule has 174 valence electrons. The molecule has 8 nitrogen and oxygen atoms in total. The lowest BCUT2D eigenvalue weighted by molar-refractivity contribution is 0.0638. The number of piperazine rings is 1. The Morgan fingerprint density at radius 1 is 0.941 bits per heavy atom. The van der Waals surface area contributed by atoms with E-state index in [9.17, 15) is 14.4 Å². The Bertz CT molecular complexity index is 1270. The Morgan fingerprint density at radius 3 is 2.50 bits per heavy atom. The highest BCUT2D eigenvalue weighted by Crippen LogP contribution is 2.25. The number of carbonyl (C=O) groups is 3. The van der Waals surface area contributed by atoms with Gasteiger partial charge in [0.05, 0.1) is 16.6 Å². The van der Waals surface area contributed by atoms with Crippen molar-refractivity contribution in [2.45, 2.75) is 6.42 Å². The number of carbonyl (C=O) groups excluding carboxylic acids is 3. The average Bonchev–Trinajstić information content (AvgIpc) is 3.12. The van der Waals surface area contributed by atoms with Crippen molar-refractivity contribution in [1.82, 2.24) is 14.8 Å². The van der Waals surface area contributed by atoms with Gasteiger partial charge in [0.15, 0.2) is 0 Å². The summed E-state index contributed by atoms with van der Waals surface area (Å²) in [7, 11) is 1.58. The summed E-state index contributed by atoms with van der Waals surface area (Å²) in [5.74, 6) is 0.109. The topological polar surface area (TPSA) is 83.1 Å². The number of hydrogen-bond acceptors (Lipinski definition) is 6. The van der Waals surface area contributed by atoms with E-state index in [0.717, 1.165) is 16.7 Å². The van der Waals surface area contributed by atoms with Gasteiger partial charge in [-0.15, -0.1) is 0 Å². The highest BCUT2D eigenvalue weighted by molar-refractivity contribution is 6.22. The molecule has 1 saturated heterocycles. The van der Waals surface area contributed by atoms with E-state index < -0.39 is 0 Å². The molecule has 2 aromatic carbocycles. The number of nitrogens with zero attached hydrogens (tertiary/aromatic N) is 4. The van der Waals surface area contributed by atoms with E-state index in [4.69, 9.17) is 9.72 Å². The third kappa shape index (κ3) is 4.01. The van der Waals surface area contributed by atoms with Crippen LogP contribution < -0.4 is 4.90 Å². The predicted molar refractivity (Wildman–Crippen MR) is 128 cm³/mol. The maximum Gasteiger partial charge on any atom is 0.261 e. The van der Waals surface area contributed by atoms with Gasteiger partial charge >= 0.3 is 0 Å². The summed E-state index contributed by atoms with van der Waals surface area (Å²) in [6, 6.07) is 16.9. The lowest BCUT2D eigenvalue weighted by atomic mass is 10.0. The largest absolute Gasteiger partial charge is 0.385 e. The van der Waals surface area contributed by atoms with Crippen LogP contribution in [0.4, 0.5) is 5.82 Å². The number of aromatic nitrogens is 1. The van der Waals surface area contributed by atoms with Crippen LogP contribution in [0.2, 0.25) is 0 Å². The minimum absolute atomic E-state index is 0.132. The number of amides is 3. The van der Waals surface area contributed by atoms with E-state index in [1.807, 2.05) is 30.3 Å². The molecule has 8 heteroatoms. The van der Waals surface area contributed by atoms with Gasteiger partial charge in [0.1, 0.15) is 5.82 Å². The Balaban J connectivity index is 1.26. The number of para-hydroxylation sites is 1. The van der Waals surface area contributed by atoms with Gasteiger partial charge in [-0.2, -0.15) is 0 Å². The molecule has 0 saturated carbocycles. The molecule has 2 aliphatic heterocycles. The lowest BCUT2D eigenvalue weighted by Gasteiger charge is -2.35. The second kappa shape index (κ2) is 9.23. The highest BCUT2D eigenvalue weighted by Gasteiger charge is 2.36. The van der Waals surface area contributed by atoms with Crippen LogP contribution in [0.3, 0.4) is 0 Å². The fourth-order valence-corrected chi connectivity index (χ4v) is 4.55. The van der Waals surface area contributed by atoms with Crippen LogP contribution in [0.25, 0.3) is 10.9 Å². The summed E-state index contributed by atoms with van der Waals surface area (Å²) < 4.78 is 5.01. The molecule has 3 aromatic rings. The first-order chi connectivity index (χ1) is 16.6. The third-order valence-electron chi connectivity index (χ3n) is 6.42. The Labute approximate surface area is 197 Å². The van der Waals surface area contributed by atoms with Gasteiger partial charge in [-0.05, 0) is 42.8 Å². The molecule has 0 aliphatic carbocycles. The maximum atomic E-state index is 13.2. The molecule has 34 heavy (non-hydrogen) atoms. The molecule has 3 heterocycles. The van der Waals surface area contributed by atoms with Gasteiger partial charge < -0.3 is 14.5 Å². The second-order valence-corrected chi connectivity index (χ2v) is 8.51. The normalized spacial score (nSPS) is 15.9. The fraction of sp³-hybridized carbons (Fsp3) is 0.308. The van der Waals surface area contributed by atoms with Crippen LogP contribution in [0.5, 0.6) is 0 Å². The highest BCUT2D eigenvalue weighted by atomic mass is 16.5. The number of benzene rings is 2. The summed E-state index contributed by atoms with van der Waals surface area (Å²) in [6.07, 6.45) is 0.574. The SMILES string of the molecule is COCCCN1C(=O)c2ccc(C(=O)N3CCN(c4ccc5ccccc5n4)CC3)cc2C1=O. The number of methoxy groups -OCH3 is 1. The zero-order chi connectivity index (χ0) is 23.7. The van der Waals surface area contributed by atoms with Gasteiger partial charge in [-0.1, -0.05) is 18.2 Å². The third-order valence-corrected chi connectivity index (χ3v) is 6.42. The van der Waals surface area contributed by atoms with Gasteiger partial charge in [-0.25, -0.2) is 4.98 Å². The zero-order valence-corrected chi connectivity index (χ0v) is 19.1. The van der Waals surface area contributed by atoms with E-state index in [0.29, 0.717) is 62.4 Å².